The fourth-order valence-corrected chi connectivity index (χ4v) is 2.99. The number of para-hydroxylation sites is 1. The molecule has 0 unspecified atom stereocenters. The Balaban J connectivity index is 1.59. The molecule has 6 nitrogen and oxygen atoms in total. The van der Waals surface area contributed by atoms with Crippen LogP contribution >= 0.6 is 0 Å². The number of anilines is 1. The first-order chi connectivity index (χ1) is 13.6. The minimum absolute atomic E-state index is 0.174. The Kier molecular flexibility index (Phi) is 6.32. The molecule has 0 saturated heterocycles. The fourth-order valence-electron chi connectivity index (χ4n) is 2.99. The van der Waals surface area contributed by atoms with E-state index < -0.39 is 0 Å². The smallest absolute Gasteiger partial charge is 0.257 e. The van der Waals surface area contributed by atoms with Gasteiger partial charge in [0, 0.05) is 31.4 Å². The summed E-state index contributed by atoms with van der Waals surface area (Å²) in [6.45, 7) is 3.19. The molecule has 3 rings (SSSR count). The second kappa shape index (κ2) is 9.08. The van der Waals surface area contributed by atoms with Gasteiger partial charge in [-0.2, -0.15) is 0 Å². The Labute approximate surface area is 165 Å². The summed E-state index contributed by atoms with van der Waals surface area (Å²) in [6.07, 6.45) is 0.833. The topological polar surface area (TPSA) is 67.6 Å². The Morgan fingerprint density at radius 1 is 1.14 bits per heavy atom. The number of ether oxygens (including phenoxy) is 1. The third-order valence-electron chi connectivity index (χ3n) is 4.59. The van der Waals surface area contributed by atoms with Crippen LogP contribution in [0.15, 0.2) is 59.1 Å². The Bertz CT molecular complexity index is 905. The van der Waals surface area contributed by atoms with Gasteiger partial charge in [0.15, 0.2) is 5.76 Å². The van der Waals surface area contributed by atoms with Crippen LogP contribution < -0.4 is 15.0 Å². The first kappa shape index (κ1) is 19.5. The molecular weight excluding hydrogens is 354 g/mol. The van der Waals surface area contributed by atoms with E-state index in [4.69, 9.17) is 9.26 Å². The van der Waals surface area contributed by atoms with E-state index in [2.05, 4.69) is 27.5 Å². The summed E-state index contributed by atoms with van der Waals surface area (Å²) in [6, 6.07) is 17.5. The van der Waals surface area contributed by atoms with Gasteiger partial charge in [-0.1, -0.05) is 23.4 Å². The number of aromatic nitrogens is 1. The van der Waals surface area contributed by atoms with Crippen molar-refractivity contribution in [2.24, 2.45) is 0 Å². The van der Waals surface area contributed by atoms with Crippen LogP contribution in [0.2, 0.25) is 0 Å². The third-order valence-corrected chi connectivity index (χ3v) is 4.59. The van der Waals surface area contributed by atoms with Crippen LogP contribution in [0.3, 0.4) is 0 Å². The molecule has 3 aromatic rings. The summed E-state index contributed by atoms with van der Waals surface area (Å²) in [7, 11) is 3.66. The number of carbonyl (C=O) groups excluding carboxylic acids is 1. The standard InChI is InChI=1S/C22H25N3O3/c1-16-20(21(28-24-16)17-10-12-19(27-3)13-11-17)22(26)23-14-7-15-25(2)18-8-5-4-6-9-18/h4-6,8-13H,7,14-15H2,1-3H3,(H,23,26). The molecule has 0 fully saturated rings. The molecule has 1 amide bonds. The van der Waals surface area contributed by atoms with Crippen LogP contribution in [0.5, 0.6) is 5.75 Å². The first-order valence-electron chi connectivity index (χ1n) is 9.25. The molecule has 0 spiro atoms. The predicted molar refractivity (Wildman–Crippen MR) is 110 cm³/mol. The van der Waals surface area contributed by atoms with Crippen molar-refractivity contribution < 1.29 is 14.1 Å². The summed E-state index contributed by atoms with van der Waals surface area (Å²) in [5.41, 5.74) is 2.99. The number of methoxy groups -OCH3 is 1. The lowest BCUT2D eigenvalue weighted by Gasteiger charge is -2.19. The maximum absolute atomic E-state index is 12.7. The van der Waals surface area contributed by atoms with Crippen molar-refractivity contribution in [3.05, 3.63) is 65.9 Å². The van der Waals surface area contributed by atoms with E-state index in [0.717, 1.165) is 30.0 Å². The molecule has 0 aliphatic rings. The van der Waals surface area contributed by atoms with Gasteiger partial charge in [0.1, 0.15) is 11.3 Å². The molecule has 2 aromatic carbocycles. The quantitative estimate of drug-likeness (QED) is 0.601. The molecule has 0 aliphatic carbocycles. The molecular formula is C22H25N3O3. The highest BCUT2D eigenvalue weighted by Crippen LogP contribution is 2.27. The van der Waals surface area contributed by atoms with Crippen molar-refractivity contribution >= 4 is 11.6 Å². The van der Waals surface area contributed by atoms with Gasteiger partial charge in [0.25, 0.3) is 5.91 Å². The van der Waals surface area contributed by atoms with Crippen molar-refractivity contribution in [1.29, 1.82) is 0 Å². The van der Waals surface area contributed by atoms with Crippen LogP contribution in [-0.4, -0.2) is 38.3 Å². The van der Waals surface area contributed by atoms with Crippen molar-refractivity contribution in [1.82, 2.24) is 10.5 Å². The molecule has 28 heavy (non-hydrogen) atoms. The number of rotatable bonds is 8. The largest absolute Gasteiger partial charge is 0.497 e. The van der Waals surface area contributed by atoms with Crippen molar-refractivity contribution in [3.63, 3.8) is 0 Å². The Hall–Kier alpha value is -3.28. The van der Waals surface area contributed by atoms with Crippen molar-refractivity contribution in [2.45, 2.75) is 13.3 Å². The molecule has 0 atom stereocenters. The zero-order valence-corrected chi connectivity index (χ0v) is 16.4. The molecule has 1 heterocycles. The second-order valence-corrected chi connectivity index (χ2v) is 6.57. The fraction of sp³-hybridized carbons (Fsp3) is 0.273. The van der Waals surface area contributed by atoms with Gasteiger partial charge in [0.05, 0.1) is 12.8 Å². The van der Waals surface area contributed by atoms with E-state index in [1.165, 1.54) is 0 Å². The Morgan fingerprint density at radius 3 is 2.54 bits per heavy atom. The Morgan fingerprint density at radius 2 is 1.86 bits per heavy atom. The zero-order valence-electron chi connectivity index (χ0n) is 16.4. The maximum Gasteiger partial charge on any atom is 0.257 e. The highest BCUT2D eigenvalue weighted by molar-refractivity contribution is 6.00. The summed E-state index contributed by atoms with van der Waals surface area (Å²) in [4.78, 5) is 14.9. The molecule has 6 heteroatoms. The minimum Gasteiger partial charge on any atom is -0.497 e. The van der Waals surface area contributed by atoms with Gasteiger partial charge < -0.3 is 19.5 Å². The van der Waals surface area contributed by atoms with Crippen molar-refractivity contribution in [2.75, 3.05) is 32.1 Å². The van der Waals surface area contributed by atoms with E-state index >= 15 is 0 Å². The van der Waals surface area contributed by atoms with Crippen molar-refractivity contribution in [3.8, 4) is 17.1 Å². The summed E-state index contributed by atoms with van der Waals surface area (Å²) in [5.74, 6) is 1.04. The van der Waals surface area contributed by atoms with Gasteiger partial charge in [0.2, 0.25) is 0 Å². The average Bonchev–Trinajstić information content (AvgIpc) is 3.13. The van der Waals surface area contributed by atoms with Crippen LogP contribution in [-0.2, 0) is 0 Å². The highest BCUT2D eigenvalue weighted by atomic mass is 16.5. The molecule has 0 aliphatic heterocycles. The van der Waals surface area contributed by atoms with Crippen LogP contribution in [0.1, 0.15) is 22.5 Å². The van der Waals surface area contributed by atoms with Gasteiger partial charge in [-0.25, -0.2) is 0 Å². The van der Waals surface area contributed by atoms with E-state index in [0.29, 0.717) is 23.6 Å². The zero-order chi connectivity index (χ0) is 19.9. The second-order valence-electron chi connectivity index (χ2n) is 6.57. The SMILES string of the molecule is COc1ccc(-c2onc(C)c2C(=O)NCCCN(C)c2ccccc2)cc1. The highest BCUT2D eigenvalue weighted by Gasteiger charge is 2.21. The predicted octanol–water partition coefficient (Wildman–Crippen LogP) is 3.91. The molecule has 0 radical (unpaired) electrons. The summed E-state index contributed by atoms with van der Waals surface area (Å²) >= 11 is 0. The van der Waals surface area contributed by atoms with Crippen LogP contribution in [0.4, 0.5) is 5.69 Å². The van der Waals surface area contributed by atoms with Gasteiger partial charge in [-0.05, 0) is 49.7 Å². The number of nitrogens with one attached hydrogen (secondary N) is 1. The number of hydrogen-bond acceptors (Lipinski definition) is 5. The third kappa shape index (κ3) is 4.52. The van der Waals surface area contributed by atoms with E-state index in [9.17, 15) is 4.79 Å². The minimum atomic E-state index is -0.174. The van der Waals surface area contributed by atoms with E-state index in [1.54, 1.807) is 14.0 Å². The van der Waals surface area contributed by atoms with Gasteiger partial charge in [-0.3, -0.25) is 4.79 Å². The van der Waals surface area contributed by atoms with Crippen LogP contribution in [0.25, 0.3) is 11.3 Å². The monoisotopic (exact) mass is 379 g/mol. The van der Waals surface area contributed by atoms with E-state index in [1.807, 2.05) is 49.5 Å². The number of nitrogens with zero attached hydrogens (tertiary/aromatic N) is 2. The normalized spacial score (nSPS) is 10.5. The molecule has 146 valence electrons. The maximum atomic E-state index is 12.7. The lowest BCUT2D eigenvalue weighted by molar-refractivity contribution is 0.0953. The summed E-state index contributed by atoms with van der Waals surface area (Å²) in [5, 5.41) is 6.95. The van der Waals surface area contributed by atoms with Crippen LogP contribution in [0, 0.1) is 6.92 Å². The molecule has 1 N–H and O–H groups in total. The van der Waals surface area contributed by atoms with Gasteiger partial charge in [-0.15, -0.1) is 0 Å². The lowest BCUT2D eigenvalue weighted by atomic mass is 10.1. The molecule has 1 aromatic heterocycles. The lowest BCUT2D eigenvalue weighted by Crippen LogP contribution is -2.28. The number of aryl methyl sites for hydroxylation is 1. The summed E-state index contributed by atoms with van der Waals surface area (Å²) < 4.78 is 10.6. The van der Waals surface area contributed by atoms with Gasteiger partial charge >= 0.3 is 0 Å². The molecule has 0 bridgehead atoms. The molecule has 0 saturated carbocycles. The number of amides is 1. The average molecular weight is 379 g/mol. The number of carbonyl (C=O) groups is 1. The first-order valence-corrected chi connectivity index (χ1v) is 9.25. The van der Waals surface area contributed by atoms with E-state index in [-0.39, 0.29) is 5.91 Å². The number of hydrogen-bond donors (Lipinski definition) is 1. The number of benzene rings is 2.